The van der Waals surface area contributed by atoms with Gasteiger partial charge in [0, 0.05) is 12.8 Å². The SMILES string of the molecule is C=CCCc1nc(C(F)(F)CCCC)nn1Cc1ccc(-c2ccccc2C(=O)O)cc1. The van der Waals surface area contributed by atoms with Gasteiger partial charge in [-0.05, 0) is 35.6 Å². The summed E-state index contributed by atoms with van der Waals surface area (Å²) in [6.07, 6.45) is 3.63. The summed E-state index contributed by atoms with van der Waals surface area (Å²) in [4.78, 5) is 15.6. The van der Waals surface area contributed by atoms with Crippen molar-refractivity contribution in [3.63, 3.8) is 0 Å². The maximum atomic E-state index is 14.5. The molecule has 0 bridgehead atoms. The molecule has 0 fully saturated rings. The molecule has 0 amide bonds. The molecule has 1 N–H and O–H groups in total. The summed E-state index contributed by atoms with van der Waals surface area (Å²) in [5, 5.41) is 13.6. The smallest absolute Gasteiger partial charge is 0.336 e. The van der Waals surface area contributed by atoms with Crippen molar-refractivity contribution in [3.05, 3.63) is 84.0 Å². The lowest BCUT2D eigenvalue weighted by Crippen LogP contribution is -2.16. The third-order valence-electron chi connectivity index (χ3n) is 5.25. The van der Waals surface area contributed by atoms with Crippen LogP contribution in [0, 0.1) is 0 Å². The number of alkyl halides is 2. The first kappa shape index (κ1) is 23.3. The normalized spacial score (nSPS) is 11.5. The summed E-state index contributed by atoms with van der Waals surface area (Å²) in [5.74, 6) is -3.99. The van der Waals surface area contributed by atoms with Gasteiger partial charge in [-0.15, -0.1) is 11.7 Å². The first-order valence-electron chi connectivity index (χ1n) is 10.7. The molecule has 0 aliphatic carbocycles. The Bertz CT molecular complexity index is 1080. The lowest BCUT2D eigenvalue weighted by atomic mass is 9.99. The Balaban J connectivity index is 1.86. The van der Waals surface area contributed by atoms with Crippen molar-refractivity contribution in [2.45, 2.75) is 51.5 Å². The van der Waals surface area contributed by atoms with Crippen LogP contribution in [0.25, 0.3) is 11.1 Å². The van der Waals surface area contributed by atoms with Crippen molar-refractivity contribution in [1.82, 2.24) is 14.8 Å². The number of aromatic carboxylic acids is 1. The number of aromatic nitrogens is 3. The second-order valence-electron chi connectivity index (χ2n) is 7.69. The molecule has 0 saturated carbocycles. The number of hydrogen-bond acceptors (Lipinski definition) is 3. The largest absolute Gasteiger partial charge is 0.478 e. The van der Waals surface area contributed by atoms with Gasteiger partial charge in [0.05, 0.1) is 12.1 Å². The van der Waals surface area contributed by atoms with E-state index in [0.29, 0.717) is 43.6 Å². The average molecular weight is 440 g/mol. The van der Waals surface area contributed by atoms with E-state index < -0.39 is 17.7 Å². The highest BCUT2D eigenvalue weighted by molar-refractivity contribution is 5.95. The number of halogens is 2. The van der Waals surface area contributed by atoms with E-state index in [1.165, 1.54) is 4.68 Å². The molecule has 0 spiro atoms. The summed E-state index contributed by atoms with van der Waals surface area (Å²) in [6.45, 7) is 5.86. The standard InChI is InChI=1S/C25H27F2N3O2/c1-3-5-11-22-28-24(25(26,27)16-6-4-2)29-30(22)17-18-12-14-19(15-13-18)20-9-7-8-10-21(20)23(31)32/h3,7-10,12-15H,1,4-6,11,16-17H2,2H3,(H,31,32). The molecule has 2 aromatic carbocycles. The minimum absolute atomic E-state index is 0.224. The maximum absolute atomic E-state index is 14.5. The number of benzene rings is 2. The topological polar surface area (TPSA) is 68.0 Å². The van der Waals surface area contributed by atoms with E-state index >= 15 is 0 Å². The Morgan fingerprint density at radius 1 is 1.19 bits per heavy atom. The van der Waals surface area contributed by atoms with Crippen LogP contribution >= 0.6 is 0 Å². The lowest BCUT2D eigenvalue weighted by molar-refractivity contribution is -0.0245. The van der Waals surface area contributed by atoms with Gasteiger partial charge in [-0.1, -0.05) is 61.9 Å². The third kappa shape index (κ3) is 5.46. The Hall–Kier alpha value is -3.35. The Labute approximate surface area is 186 Å². The summed E-state index contributed by atoms with van der Waals surface area (Å²) < 4.78 is 30.6. The first-order valence-corrected chi connectivity index (χ1v) is 10.7. The van der Waals surface area contributed by atoms with Gasteiger partial charge in [-0.25, -0.2) is 14.5 Å². The zero-order valence-corrected chi connectivity index (χ0v) is 18.1. The van der Waals surface area contributed by atoms with Crippen molar-refractivity contribution in [3.8, 4) is 11.1 Å². The predicted octanol–water partition coefficient (Wildman–Crippen LogP) is 6.09. The number of rotatable bonds is 11. The van der Waals surface area contributed by atoms with Crippen LogP contribution in [0.5, 0.6) is 0 Å². The van der Waals surface area contributed by atoms with Crippen molar-refractivity contribution < 1.29 is 18.7 Å². The molecular weight excluding hydrogens is 412 g/mol. The van der Waals surface area contributed by atoms with Crippen LogP contribution in [0.3, 0.4) is 0 Å². The van der Waals surface area contributed by atoms with Gasteiger partial charge in [0.2, 0.25) is 5.82 Å². The van der Waals surface area contributed by atoms with Gasteiger partial charge < -0.3 is 5.11 Å². The van der Waals surface area contributed by atoms with Crippen molar-refractivity contribution >= 4 is 5.97 Å². The quantitative estimate of drug-likeness (QED) is 0.367. The molecule has 3 rings (SSSR count). The number of carbonyl (C=O) groups is 1. The van der Waals surface area contributed by atoms with Crippen LogP contribution < -0.4 is 0 Å². The van der Waals surface area contributed by atoms with E-state index in [4.69, 9.17) is 0 Å². The molecule has 5 nitrogen and oxygen atoms in total. The second-order valence-corrected chi connectivity index (χ2v) is 7.69. The molecule has 1 heterocycles. The number of aryl methyl sites for hydroxylation is 1. The zero-order valence-electron chi connectivity index (χ0n) is 18.1. The summed E-state index contributed by atoms with van der Waals surface area (Å²) >= 11 is 0. The minimum atomic E-state index is -3.06. The van der Waals surface area contributed by atoms with Gasteiger partial charge in [0.1, 0.15) is 5.82 Å². The highest BCUT2D eigenvalue weighted by atomic mass is 19.3. The Morgan fingerprint density at radius 3 is 2.56 bits per heavy atom. The molecule has 0 aliphatic heterocycles. The molecule has 0 saturated heterocycles. The fraction of sp³-hybridized carbons (Fsp3) is 0.320. The second kappa shape index (κ2) is 10.3. The van der Waals surface area contributed by atoms with Gasteiger partial charge in [0.25, 0.3) is 0 Å². The number of unbranched alkanes of at least 4 members (excludes halogenated alkanes) is 1. The lowest BCUT2D eigenvalue weighted by Gasteiger charge is -2.11. The van der Waals surface area contributed by atoms with E-state index in [2.05, 4.69) is 16.7 Å². The van der Waals surface area contributed by atoms with Crippen LogP contribution in [0.1, 0.15) is 60.2 Å². The summed E-state index contributed by atoms with van der Waals surface area (Å²) in [5.41, 5.74) is 2.47. The van der Waals surface area contributed by atoms with Crippen LogP contribution in [0.4, 0.5) is 8.78 Å². The predicted molar refractivity (Wildman–Crippen MR) is 120 cm³/mol. The molecule has 0 unspecified atom stereocenters. The number of hydrogen-bond donors (Lipinski definition) is 1. The third-order valence-corrected chi connectivity index (χ3v) is 5.25. The van der Waals surface area contributed by atoms with Crippen LogP contribution in [0.2, 0.25) is 0 Å². The van der Waals surface area contributed by atoms with Crippen LogP contribution in [0.15, 0.2) is 61.2 Å². The van der Waals surface area contributed by atoms with Crippen molar-refractivity contribution in [2.75, 3.05) is 0 Å². The minimum Gasteiger partial charge on any atom is -0.478 e. The summed E-state index contributed by atoms with van der Waals surface area (Å²) in [6, 6.07) is 14.1. The van der Waals surface area contributed by atoms with Gasteiger partial charge in [-0.2, -0.15) is 8.78 Å². The van der Waals surface area contributed by atoms with Gasteiger partial charge in [-0.3, -0.25) is 0 Å². The fourth-order valence-corrected chi connectivity index (χ4v) is 3.47. The number of carboxylic acid groups (broad SMARTS) is 1. The fourth-order valence-electron chi connectivity index (χ4n) is 3.47. The van der Waals surface area contributed by atoms with Crippen molar-refractivity contribution in [2.24, 2.45) is 0 Å². The molecule has 168 valence electrons. The van der Waals surface area contributed by atoms with Gasteiger partial charge in [0.15, 0.2) is 0 Å². The van der Waals surface area contributed by atoms with E-state index in [1.807, 2.05) is 31.2 Å². The van der Waals surface area contributed by atoms with E-state index in [0.717, 1.165) is 11.1 Å². The Kier molecular flexibility index (Phi) is 7.51. The van der Waals surface area contributed by atoms with E-state index in [1.54, 1.807) is 30.3 Å². The van der Waals surface area contributed by atoms with Crippen LogP contribution in [-0.4, -0.2) is 25.8 Å². The molecule has 0 aliphatic rings. The number of carboxylic acids is 1. The Morgan fingerprint density at radius 2 is 1.91 bits per heavy atom. The molecule has 0 atom stereocenters. The van der Waals surface area contributed by atoms with Gasteiger partial charge >= 0.3 is 11.9 Å². The molecule has 3 aromatic rings. The van der Waals surface area contributed by atoms with E-state index in [9.17, 15) is 18.7 Å². The monoisotopic (exact) mass is 439 g/mol. The zero-order chi connectivity index (χ0) is 23.1. The summed E-state index contributed by atoms with van der Waals surface area (Å²) in [7, 11) is 0. The molecule has 7 heteroatoms. The highest BCUT2D eigenvalue weighted by Crippen LogP contribution is 2.31. The molecule has 32 heavy (non-hydrogen) atoms. The van der Waals surface area contributed by atoms with Crippen molar-refractivity contribution in [1.29, 1.82) is 0 Å². The number of nitrogens with zero attached hydrogens (tertiary/aromatic N) is 3. The van der Waals surface area contributed by atoms with E-state index in [-0.39, 0.29) is 12.0 Å². The molecular formula is C25H27F2N3O2. The highest BCUT2D eigenvalue weighted by Gasteiger charge is 2.36. The first-order chi connectivity index (χ1) is 15.4. The molecule has 0 radical (unpaired) electrons. The average Bonchev–Trinajstić information content (AvgIpc) is 3.20. The van der Waals surface area contributed by atoms with Crippen LogP contribution in [-0.2, 0) is 18.9 Å². The molecule has 1 aromatic heterocycles. The maximum Gasteiger partial charge on any atom is 0.336 e. The number of allylic oxidation sites excluding steroid dienone is 1.